The van der Waals surface area contributed by atoms with Crippen molar-refractivity contribution in [1.29, 1.82) is 0 Å². The molecule has 0 saturated heterocycles. The third-order valence-corrected chi connectivity index (χ3v) is 4.29. The molecule has 0 spiro atoms. The zero-order chi connectivity index (χ0) is 16.8. The molecule has 0 saturated carbocycles. The van der Waals surface area contributed by atoms with Gasteiger partial charge >= 0.3 is 0 Å². The highest BCUT2D eigenvalue weighted by atomic mass is 16.1. The van der Waals surface area contributed by atoms with E-state index < -0.39 is 0 Å². The SMILES string of the molecule is CCc1cccc(C)c1NC(=O)CCc1ccc(C(C)C)cc1. The van der Waals surface area contributed by atoms with Gasteiger partial charge in [-0.25, -0.2) is 0 Å². The topological polar surface area (TPSA) is 29.1 Å². The van der Waals surface area contributed by atoms with Crippen LogP contribution in [0.15, 0.2) is 42.5 Å². The maximum atomic E-state index is 12.3. The monoisotopic (exact) mass is 309 g/mol. The van der Waals surface area contributed by atoms with Crippen LogP contribution in [0.3, 0.4) is 0 Å². The number of hydrogen-bond acceptors (Lipinski definition) is 1. The lowest BCUT2D eigenvalue weighted by molar-refractivity contribution is -0.116. The third-order valence-electron chi connectivity index (χ3n) is 4.29. The number of amides is 1. The Labute approximate surface area is 139 Å². The van der Waals surface area contributed by atoms with Gasteiger partial charge in [0.1, 0.15) is 0 Å². The van der Waals surface area contributed by atoms with E-state index in [1.54, 1.807) is 0 Å². The molecule has 2 heteroatoms. The van der Waals surface area contributed by atoms with E-state index in [0.717, 1.165) is 24.1 Å². The van der Waals surface area contributed by atoms with E-state index in [4.69, 9.17) is 0 Å². The van der Waals surface area contributed by atoms with Gasteiger partial charge in [0.15, 0.2) is 0 Å². The number of aryl methyl sites for hydroxylation is 3. The van der Waals surface area contributed by atoms with Gasteiger partial charge in [-0.3, -0.25) is 4.79 Å². The number of anilines is 1. The number of carbonyl (C=O) groups excluding carboxylic acids is 1. The number of carbonyl (C=O) groups is 1. The number of rotatable bonds is 6. The number of benzene rings is 2. The zero-order valence-electron chi connectivity index (χ0n) is 14.6. The van der Waals surface area contributed by atoms with E-state index in [0.29, 0.717) is 12.3 Å². The van der Waals surface area contributed by atoms with Crippen molar-refractivity contribution in [2.24, 2.45) is 0 Å². The second-order valence-corrected chi connectivity index (χ2v) is 6.41. The molecular formula is C21H27NO. The first-order chi connectivity index (χ1) is 11.0. The van der Waals surface area contributed by atoms with E-state index in [-0.39, 0.29) is 5.91 Å². The summed E-state index contributed by atoms with van der Waals surface area (Å²) in [4.78, 5) is 12.3. The molecule has 0 bridgehead atoms. The fraction of sp³-hybridized carbons (Fsp3) is 0.381. The summed E-state index contributed by atoms with van der Waals surface area (Å²) >= 11 is 0. The van der Waals surface area contributed by atoms with Crippen LogP contribution in [-0.4, -0.2) is 5.91 Å². The molecule has 0 aliphatic carbocycles. The van der Waals surface area contributed by atoms with E-state index >= 15 is 0 Å². The quantitative estimate of drug-likeness (QED) is 0.775. The second-order valence-electron chi connectivity index (χ2n) is 6.41. The molecule has 0 fully saturated rings. The van der Waals surface area contributed by atoms with E-state index in [2.05, 4.69) is 56.4 Å². The second kappa shape index (κ2) is 7.96. The molecule has 0 unspecified atom stereocenters. The molecule has 2 nitrogen and oxygen atoms in total. The van der Waals surface area contributed by atoms with E-state index in [1.165, 1.54) is 16.7 Å². The Morgan fingerprint density at radius 3 is 2.39 bits per heavy atom. The summed E-state index contributed by atoms with van der Waals surface area (Å²) in [5, 5.41) is 3.09. The molecule has 1 N–H and O–H groups in total. The van der Waals surface area contributed by atoms with Crippen LogP contribution in [0.4, 0.5) is 5.69 Å². The van der Waals surface area contributed by atoms with Gasteiger partial charge in [-0.1, -0.05) is 63.2 Å². The highest BCUT2D eigenvalue weighted by Crippen LogP contribution is 2.21. The summed E-state index contributed by atoms with van der Waals surface area (Å²) in [6.07, 6.45) is 2.21. The summed E-state index contributed by atoms with van der Waals surface area (Å²) in [5.41, 5.74) is 5.85. The first-order valence-corrected chi connectivity index (χ1v) is 8.48. The van der Waals surface area contributed by atoms with Gasteiger partial charge in [-0.05, 0) is 47.9 Å². The van der Waals surface area contributed by atoms with Crippen molar-refractivity contribution in [1.82, 2.24) is 0 Å². The average Bonchev–Trinajstić information content (AvgIpc) is 2.55. The standard InChI is InChI=1S/C21H27NO/c1-5-18-8-6-7-16(4)21(18)22-20(23)14-11-17-9-12-19(13-10-17)15(2)3/h6-10,12-13,15H,5,11,14H2,1-4H3,(H,22,23). The van der Waals surface area contributed by atoms with Crippen LogP contribution in [0.1, 0.15) is 55.4 Å². The number of hydrogen-bond donors (Lipinski definition) is 1. The lowest BCUT2D eigenvalue weighted by Gasteiger charge is -2.13. The average molecular weight is 309 g/mol. The number of nitrogens with one attached hydrogen (secondary N) is 1. The van der Waals surface area contributed by atoms with Crippen LogP contribution in [0.5, 0.6) is 0 Å². The predicted octanol–water partition coefficient (Wildman–Crippen LogP) is 5.25. The van der Waals surface area contributed by atoms with Crippen LogP contribution in [-0.2, 0) is 17.6 Å². The van der Waals surface area contributed by atoms with Gasteiger partial charge in [0.05, 0.1) is 0 Å². The summed E-state index contributed by atoms with van der Waals surface area (Å²) in [6, 6.07) is 14.7. The molecule has 0 heterocycles. The molecule has 1 amide bonds. The highest BCUT2D eigenvalue weighted by Gasteiger charge is 2.09. The van der Waals surface area contributed by atoms with Crippen molar-refractivity contribution in [3.63, 3.8) is 0 Å². The summed E-state index contributed by atoms with van der Waals surface area (Å²) in [6.45, 7) is 8.53. The minimum atomic E-state index is 0.0851. The molecule has 2 rings (SSSR count). The van der Waals surface area contributed by atoms with Crippen molar-refractivity contribution >= 4 is 11.6 Å². The lowest BCUT2D eigenvalue weighted by Crippen LogP contribution is -2.14. The van der Waals surface area contributed by atoms with Gasteiger partial charge < -0.3 is 5.32 Å². The van der Waals surface area contributed by atoms with Crippen molar-refractivity contribution in [2.75, 3.05) is 5.32 Å². The predicted molar refractivity (Wildman–Crippen MR) is 98.0 cm³/mol. The summed E-state index contributed by atoms with van der Waals surface area (Å²) in [7, 11) is 0. The molecule has 23 heavy (non-hydrogen) atoms. The minimum Gasteiger partial charge on any atom is -0.326 e. The normalized spacial score (nSPS) is 10.8. The van der Waals surface area contributed by atoms with Gasteiger partial charge in [-0.2, -0.15) is 0 Å². The Morgan fingerprint density at radius 2 is 1.78 bits per heavy atom. The largest absolute Gasteiger partial charge is 0.326 e. The van der Waals surface area contributed by atoms with Crippen LogP contribution in [0.2, 0.25) is 0 Å². The molecule has 122 valence electrons. The smallest absolute Gasteiger partial charge is 0.224 e. The number of para-hydroxylation sites is 1. The Kier molecular flexibility index (Phi) is 5.97. The maximum Gasteiger partial charge on any atom is 0.224 e. The van der Waals surface area contributed by atoms with Crippen LogP contribution in [0.25, 0.3) is 0 Å². The first kappa shape index (κ1) is 17.3. The van der Waals surface area contributed by atoms with Gasteiger partial charge in [0.2, 0.25) is 5.91 Å². The minimum absolute atomic E-state index is 0.0851. The van der Waals surface area contributed by atoms with Crippen molar-refractivity contribution < 1.29 is 4.79 Å². The van der Waals surface area contributed by atoms with Crippen molar-refractivity contribution in [3.8, 4) is 0 Å². The van der Waals surface area contributed by atoms with Crippen molar-refractivity contribution in [2.45, 2.75) is 52.9 Å². The Bertz CT molecular complexity index is 656. The molecule has 0 aliphatic heterocycles. The molecule has 2 aromatic rings. The Hall–Kier alpha value is -2.09. The fourth-order valence-corrected chi connectivity index (χ4v) is 2.73. The Morgan fingerprint density at radius 1 is 1.09 bits per heavy atom. The van der Waals surface area contributed by atoms with E-state index in [9.17, 15) is 4.79 Å². The molecular weight excluding hydrogens is 282 g/mol. The summed E-state index contributed by atoms with van der Waals surface area (Å²) in [5.74, 6) is 0.628. The van der Waals surface area contributed by atoms with Crippen molar-refractivity contribution in [3.05, 3.63) is 64.7 Å². The van der Waals surface area contributed by atoms with Gasteiger partial charge in [-0.15, -0.1) is 0 Å². The molecule has 0 aliphatic rings. The fourth-order valence-electron chi connectivity index (χ4n) is 2.73. The van der Waals surface area contributed by atoms with E-state index in [1.807, 2.05) is 19.1 Å². The third kappa shape index (κ3) is 4.69. The molecule has 0 atom stereocenters. The summed E-state index contributed by atoms with van der Waals surface area (Å²) < 4.78 is 0. The van der Waals surface area contributed by atoms with Crippen LogP contribution >= 0.6 is 0 Å². The zero-order valence-corrected chi connectivity index (χ0v) is 14.6. The molecule has 0 radical (unpaired) electrons. The maximum absolute atomic E-state index is 12.3. The first-order valence-electron chi connectivity index (χ1n) is 8.48. The van der Waals surface area contributed by atoms with Gasteiger partial charge in [0, 0.05) is 12.1 Å². The van der Waals surface area contributed by atoms with Gasteiger partial charge in [0.25, 0.3) is 0 Å². The Balaban J connectivity index is 1.95. The highest BCUT2D eigenvalue weighted by molar-refractivity contribution is 5.92. The lowest BCUT2D eigenvalue weighted by atomic mass is 10.00. The molecule has 0 aromatic heterocycles. The molecule has 2 aromatic carbocycles. The van der Waals surface area contributed by atoms with Crippen LogP contribution < -0.4 is 5.32 Å². The van der Waals surface area contributed by atoms with Crippen LogP contribution in [0, 0.1) is 6.92 Å².